The predicted octanol–water partition coefficient (Wildman–Crippen LogP) is 3.71. The molecular weight excluding hydrogens is 354 g/mol. The van der Waals surface area contributed by atoms with Crippen molar-refractivity contribution in [2.75, 3.05) is 6.61 Å². The van der Waals surface area contributed by atoms with E-state index < -0.39 is 5.97 Å². The van der Waals surface area contributed by atoms with E-state index in [9.17, 15) is 9.59 Å². The molecule has 6 nitrogen and oxygen atoms in total. The molecule has 0 radical (unpaired) electrons. The highest BCUT2D eigenvalue weighted by atomic mass is 16.5. The highest BCUT2D eigenvalue weighted by Gasteiger charge is 2.12. The first kappa shape index (κ1) is 19.5. The molecule has 0 aliphatic carbocycles. The van der Waals surface area contributed by atoms with Gasteiger partial charge in [-0.25, -0.2) is 14.5 Å². The summed E-state index contributed by atoms with van der Waals surface area (Å²) in [5.41, 5.74) is 3.16. The smallest absolute Gasteiger partial charge is 0.338 e. The normalized spacial score (nSPS) is 10.6. The van der Waals surface area contributed by atoms with Crippen molar-refractivity contribution in [2.24, 2.45) is 0 Å². The first-order valence-electron chi connectivity index (χ1n) is 9.36. The van der Waals surface area contributed by atoms with E-state index in [1.165, 1.54) is 11.9 Å². The summed E-state index contributed by atoms with van der Waals surface area (Å²) < 4.78 is 6.86. The standard InChI is InChI=1S/C22H23N3O3/c1-2-3-4-17-5-9-19(10-6-17)21(26)14-28-22(27)20-11-7-18(8-12-20)13-25-16-23-15-24-25/h5-12,15-16H,2-4,13-14H2,1H3. The summed E-state index contributed by atoms with van der Waals surface area (Å²) in [5.74, 6) is -0.724. The number of nitrogens with zero attached hydrogens (tertiary/aromatic N) is 3. The number of Topliss-reactive ketones (excluding diaryl/α,β-unsaturated/α-hetero) is 1. The van der Waals surface area contributed by atoms with E-state index in [0.717, 1.165) is 24.8 Å². The molecule has 0 aliphatic heterocycles. The van der Waals surface area contributed by atoms with Crippen molar-refractivity contribution >= 4 is 11.8 Å². The molecule has 0 saturated carbocycles. The van der Waals surface area contributed by atoms with Crippen LogP contribution in [0.15, 0.2) is 61.2 Å². The van der Waals surface area contributed by atoms with Crippen LogP contribution in [-0.4, -0.2) is 33.1 Å². The Labute approximate surface area is 164 Å². The van der Waals surface area contributed by atoms with Gasteiger partial charge < -0.3 is 4.74 Å². The quantitative estimate of drug-likeness (QED) is 0.420. The van der Waals surface area contributed by atoms with Crippen molar-refractivity contribution in [3.8, 4) is 0 Å². The van der Waals surface area contributed by atoms with Gasteiger partial charge >= 0.3 is 5.97 Å². The zero-order chi connectivity index (χ0) is 19.8. The Bertz CT molecular complexity index is 901. The summed E-state index contributed by atoms with van der Waals surface area (Å²) in [6.45, 7) is 2.45. The Morgan fingerprint density at radius 1 is 0.964 bits per heavy atom. The van der Waals surface area contributed by atoms with Gasteiger partial charge in [0, 0.05) is 5.56 Å². The highest BCUT2D eigenvalue weighted by Crippen LogP contribution is 2.10. The Morgan fingerprint density at radius 3 is 2.29 bits per heavy atom. The van der Waals surface area contributed by atoms with Crippen molar-refractivity contribution in [2.45, 2.75) is 32.7 Å². The summed E-state index contributed by atoms with van der Waals surface area (Å²) in [6, 6.07) is 14.5. The number of ether oxygens (including phenoxy) is 1. The topological polar surface area (TPSA) is 74.1 Å². The van der Waals surface area contributed by atoms with Gasteiger partial charge in [-0.15, -0.1) is 0 Å². The largest absolute Gasteiger partial charge is 0.454 e. The van der Waals surface area contributed by atoms with Crippen molar-refractivity contribution in [3.63, 3.8) is 0 Å². The zero-order valence-corrected chi connectivity index (χ0v) is 15.9. The molecule has 1 heterocycles. The number of aryl methyl sites for hydroxylation is 1. The summed E-state index contributed by atoms with van der Waals surface area (Å²) in [5, 5.41) is 4.04. The van der Waals surface area contributed by atoms with Gasteiger partial charge in [-0.2, -0.15) is 5.10 Å². The molecular formula is C22H23N3O3. The Kier molecular flexibility index (Phi) is 6.68. The number of hydrogen-bond acceptors (Lipinski definition) is 5. The van der Waals surface area contributed by atoms with Gasteiger partial charge in [0.1, 0.15) is 12.7 Å². The minimum atomic E-state index is -0.514. The molecule has 0 saturated heterocycles. The van der Waals surface area contributed by atoms with Gasteiger partial charge in [0.25, 0.3) is 0 Å². The molecule has 28 heavy (non-hydrogen) atoms. The van der Waals surface area contributed by atoms with E-state index in [1.807, 2.05) is 24.3 Å². The van der Waals surface area contributed by atoms with Gasteiger partial charge in [0.2, 0.25) is 0 Å². The van der Waals surface area contributed by atoms with E-state index in [2.05, 4.69) is 17.0 Å². The van der Waals surface area contributed by atoms with Gasteiger partial charge in [-0.05, 0) is 36.1 Å². The fourth-order valence-corrected chi connectivity index (χ4v) is 2.78. The Hall–Kier alpha value is -3.28. The van der Waals surface area contributed by atoms with E-state index in [4.69, 9.17) is 4.74 Å². The van der Waals surface area contributed by atoms with Crippen molar-refractivity contribution < 1.29 is 14.3 Å². The number of unbranched alkanes of at least 4 members (excludes halogenated alkanes) is 1. The lowest BCUT2D eigenvalue weighted by Crippen LogP contribution is -2.14. The summed E-state index contributed by atoms with van der Waals surface area (Å²) >= 11 is 0. The molecule has 0 unspecified atom stereocenters. The van der Waals surface area contributed by atoms with E-state index >= 15 is 0 Å². The lowest BCUT2D eigenvalue weighted by molar-refractivity contribution is 0.0474. The fraction of sp³-hybridized carbons (Fsp3) is 0.273. The number of hydrogen-bond donors (Lipinski definition) is 0. The maximum absolute atomic E-state index is 12.2. The molecule has 0 fully saturated rings. The van der Waals surface area contributed by atoms with Gasteiger partial charge in [-0.3, -0.25) is 4.79 Å². The second-order valence-corrected chi connectivity index (χ2v) is 6.59. The number of carbonyl (C=O) groups is 2. The third-order valence-corrected chi connectivity index (χ3v) is 4.43. The van der Waals surface area contributed by atoms with Crippen molar-refractivity contribution in [1.82, 2.24) is 14.8 Å². The van der Waals surface area contributed by atoms with Crippen LogP contribution in [-0.2, 0) is 17.7 Å². The Balaban J connectivity index is 1.51. The number of aromatic nitrogens is 3. The molecule has 1 aromatic heterocycles. The molecule has 3 aromatic rings. The van der Waals surface area contributed by atoms with Crippen LogP contribution in [0.1, 0.15) is 51.6 Å². The summed E-state index contributed by atoms with van der Waals surface area (Å²) in [6.07, 6.45) is 6.37. The molecule has 144 valence electrons. The molecule has 6 heteroatoms. The monoisotopic (exact) mass is 377 g/mol. The van der Waals surface area contributed by atoms with Gasteiger partial charge in [-0.1, -0.05) is 49.7 Å². The molecule has 3 rings (SSSR count). The number of benzene rings is 2. The first-order valence-corrected chi connectivity index (χ1v) is 9.36. The second kappa shape index (κ2) is 9.60. The molecule has 0 bridgehead atoms. The van der Waals surface area contributed by atoms with Crippen LogP contribution in [0, 0.1) is 0 Å². The summed E-state index contributed by atoms with van der Waals surface area (Å²) in [7, 11) is 0. The number of carbonyl (C=O) groups excluding carboxylic acids is 2. The van der Waals surface area contributed by atoms with Crippen LogP contribution in [0.5, 0.6) is 0 Å². The van der Waals surface area contributed by atoms with Crippen molar-refractivity contribution in [1.29, 1.82) is 0 Å². The summed E-state index contributed by atoms with van der Waals surface area (Å²) in [4.78, 5) is 28.3. The van der Waals surface area contributed by atoms with Crippen LogP contribution in [0.25, 0.3) is 0 Å². The average molecular weight is 377 g/mol. The van der Waals surface area contributed by atoms with E-state index in [-0.39, 0.29) is 12.4 Å². The third kappa shape index (κ3) is 5.36. The van der Waals surface area contributed by atoms with Gasteiger partial charge in [0.05, 0.1) is 12.1 Å². The maximum atomic E-state index is 12.2. The minimum absolute atomic E-state index is 0.210. The van der Waals surface area contributed by atoms with Crippen LogP contribution in [0.2, 0.25) is 0 Å². The van der Waals surface area contributed by atoms with E-state index in [1.54, 1.807) is 35.3 Å². The third-order valence-electron chi connectivity index (χ3n) is 4.43. The fourth-order valence-electron chi connectivity index (χ4n) is 2.78. The van der Waals surface area contributed by atoms with Crippen molar-refractivity contribution in [3.05, 3.63) is 83.4 Å². The zero-order valence-electron chi connectivity index (χ0n) is 15.9. The van der Waals surface area contributed by atoms with Gasteiger partial charge in [0.15, 0.2) is 12.4 Å². The highest BCUT2D eigenvalue weighted by molar-refractivity contribution is 5.99. The second-order valence-electron chi connectivity index (χ2n) is 6.59. The predicted molar refractivity (Wildman–Crippen MR) is 105 cm³/mol. The number of esters is 1. The first-order chi connectivity index (χ1) is 13.7. The average Bonchev–Trinajstić information content (AvgIpc) is 3.24. The number of ketones is 1. The van der Waals surface area contributed by atoms with Crippen LogP contribution in [0.4, 0.5) is 0 Å². The van der Waals surface area contributed by atoms with Crippen LogP contribution in [0.3, 0.4) is 0 Å². The lowest BCUT2D eigenvalue weighted by Gasteiger charge is -2.07. The van der Waals surface area contributed by atoms with Crippen LogP contribution < -0.4 is 0 Å². The molecule has 0 spiro atoms. The molecule has 0 atom stereocenters. The lowest BCUT2D eigenvalue weighted by atomic mass is 10.0. The molecule has 0 aliphatic rings. The van der Waals surface area contributed by atoms with Crippen LogP contribution >= 0.6 is 0 Å². The number of rotatable bonds is 9. The minimum Gasteiger partial charge on any atom is -0.454 e. The van der Waals surface area contributed by atoms with E-state index in [0.29, 0.717) is 17.7 Å². The maximum Gasteiger partial charge on any atom is 0.338 e. The Morgan fingerprint density at radius 2 is 1.64 bits per heavy atom. The molecule has 0 N–H and O–H groups in total. The molecule has 0 amide bonds. The molecule has 2 aromatic carbocycles. The SMILES string of the molecule is CCCCc1ccc(C(=O)COC(=O)c2ccc(Cn3cncn3)cc2)cc1.